The Labute approximate surface area is 154 Å². The van der Waals surface area contributed by atoms with Crippen LogP contribution in [0.15, 0.2) is 54.6 Å². The Kier molecular flexibility index (Phi) is 6.31. The highest BCUT2D eigenvalue weighted by molar-refractivity contribution is 6.33. The van der Waals surface area contributed by atoms with E-state index in [4.69, 9.17) is 11.6 Å². The van der Waals surface area contributed by atoms with Crippen molar-refractivity contribution in [2.45, 2.75) is 19.4 Å². The standard InChI is InChI=1S/C20H24ClN3O/c21-18-8-4-5-9-19(18)23-20(25)22-14-16-10-12-24(13-11-16)15-17-6-2-1-3-7-17/h1-9,16H,10-15H2,(H2,22,23,25). The number of hydrogen-bond donors (Lipinski definition) is 2. The molecule has 132 valence electrons. The minimum Gasteiger partial charge on any atom is -0.338 e. The van der Waals surface area contributed by atoms with E-state index in [0.29, 0.717) is 23.2 Å². The van der Waals surface area contributed by atoms with Gasteiger partial charge in [-0.3, -0.25) is 4.90 Å². The van der Waals surface area contributed by atoms with E-state index in [-0.39, 0.29) is 6.03 Å². The molecule has 0 unspecified atom stereocenters. The Balaban J connectivity index is 1.38. The first kappa shape index (κ1) is 17.8. The zero-order valence-electron chi connectivity index (χ0n) is 14.2. The maximum atomic E-state index is 12.0. The van der Waals surface area contributed by atoms with Crippen molar-refractivity contribution in [3.63, 3.8) is 0 Å². The van der Waals surface area contributed by atoms with Crippen molar-refractivity contribution in [2.75, 3.05) is 25.0 Å². The lowest BCUT2D eigenvalue weighted by Crippen LogP contribution is -2.39. The smallest absolute Gasteiger partial charge is 0.319 e. The molecule has 3 rings (SSSR count). The van der Waals surface area contributed by atoms with E-state index in [0.717, 1.165) is 32.5 Å². The minimum atomic E-state index is -0.195. The van der Waals surface area contributed by atoms with E-state index in [1.54, 1.807) is 12.1 Å². The largest absolute Gasteiger partial charge is 0.338 e. The third-order valence-electron chi connectivity index (χ3n) is 4.63. The molecule has 1 aliphatic rings. The van der Waals surface area contributed by atoms with Crippen LogP contribution in [0.25, 0.3) is 0 Å². The monoisotopic (exact) mass is 357 g/mol. The van der Waals surface area contributed by atoms with Crippen molar-refractivity contribution in [2.24, 2.45) is 5.92 Å². The Morgan fingerprint density at radius 3 is 2.44 bits per heavy atom. The van der Waals surface area contributed by atoms with E-state index < -0.39 is 0 Å². The molecule has 4 nitrogen and oxygen atoms in total. The normalized spacial score (nSPS) is 15.7. The highest BCUT2D eigenvalue weighted by atomic mass is 35.5. The molecule has 2 aromatic rings. The molecule has 1 aliphatic heterocycles. The second kappa shape index (κ2) is 8.88. The molecule has 2 N–H and O–H groups in total. The number of para-hydroxylation sites is 1. The number of carbonyl (C=O) groups is 1. The van der Waals surface area contributed by atoms with Crippen LogP contribution in [-0.4, -0.2) is 30.6 Å². The van der Waals surface area contributed by atoms with Gasteiger partial charge in [0.15, 0.2) is 0 Å². The Hall–Kier alpha value is -2.04. The fraction of sp³-hybridized carbons (Fsp3) is 0.350. The van der Waals surface area contributed by atoms with E-state index in [1.807, 2.05) is 12.1 Å². The Morgan fingerprint density at radius 1 is 1.04 bits per heavy atom. The van der Waals surface area contributed by atoms with Gasteiger partial charge in [0.2, 0.25) is 0 Å². The molecule has 1 saturated heterocycles. The predicted octanol–water partition coefficient (Wildman–Crippen LogP) is 4.37. The summed E-state index contributed by atoms with van der Waals surface area (Å²) < 4.78 is 0. The molecule has 0 radical (unpaired) electrons. The summed E-state index contributed by atoms with van der Waals surface area (Å²) in [5.41, 5.74) is 2.00. The van der Waals surface area contributed by atoms with Crippen LogP contribution in [-0.2, 0) is 6.54 Å². The van der Waals surface area contributed by atoms with Gasteiger partial charge >= 0.3 is 6.03 Å². The number of halogens is 1. The number of nitrogens with one attached hydrogen (secondary N) is 2. The molecule has 2 amide bonds. The molecule has 0 aliphatic carbocycles. The molecule has 1 fully saturated rings. The van der Waals surface area contributed by atoms with Crippen molar-refractivity contribution < 1.29 is 4.79 Å². The molecular formula is C20H24ClN3O. The van der Waals surface area contributed by atoms with Crippen molar-refractivity contribution in [1.29, 1.82) is 0 Å². The summed E-state index contributed by atoms with van der Waals surface area (Å²) in [6, 6.07) is 17.6. The maximum absolute atomic E-state index is 12.0. The minimum absolute atomic E-state index is 0.195. The second-order valence-corrected chi connectivity index (χ2v) is 6.93. The molecular weight excluding hydrogens is 334 g/mol. The topological polar surface area (TPSA) is 44.4 Å². The van der Waals surface area contributed by atoms with Gasteiger partial charge in [-0.05, 0) is 49.5 Å². The first-order valence-corrected chi connectivity index (χ1v) is 9.14. The van der Waals surface area contributed by atoms with Gasteiger partial charge in [0.25, 0.3) is 0 Å². The van der Waals surface area contributed by atoms with Gasteiger partial charge in [-0.2, -0.15) is 0 Å². The maximum Gasteiger partial charge on any atom is 0.319 e. The number of hydrogen-bond acceptors (Lipinski definition) is 2. The summed E-state index contributed by atoms with van der Waals surface area (Å²) in [4.78, 5) is 14.5. The van der Waals surface area contributed by atoms with E-state index in [1.165, 1.54) is 5.56 Å². The van der Waals surface area contributed by atoms with Gasteiger partial charge in [-0.25, -0.2) is 4.79 Å². The molecule has 1 heterocycles. The van der Waals surface area contributed by atoms with E-state index >= 15 is 0 Å². The average molecular weight is 358 g/mol. The molecule has 0 spiro atoms. The number of carbonyl (C=O) groups excluding carboxylic acids is 1. The molecule has 0 bridgehead atoms. The fourth-order valence-electron chi connectivity index (χ4n) is 3.16. The number of urea groups is 1. The van der Waals surface area contributed by atoms with Crippen LogP contribution in [0, 0.1) is 5.92 Å². The third-order valence-corrected chi connectivity index (χ3v) is 4.96. The summed E-state index contributed by atoms with van der Waals surface area (Å²) in [6.07, 6.45) is 2.22. The van der Waals surface area contributed by atoms with Crippen LogP contribution in [0.1, 0.15) is 18.4 Å². The first-order valence-electron chi connectivity index (χ1n) is 8.76. The lowest BCUT2D eigenvalue weighted by molar-refractivity contribution is 0.175. The number of anilines is 1. The van der Waals surface area contributed by atoms with Crippen LogP contribution >= 0.6 is 11.6 Å². The van der Waals surface area contributed by atoms with Gasteiger partial charge in [0.1, 0.15) is 0 Å². The van der Waals surface area contributed by atoms with Crippen molar-refractivity contribution in [1.82, 2.24) is 10.2 Å². The van der Waals surface area contributed by atoms with Gasteiger partial charge in [-0.15, -0.1) is 0 Å². The lowest BCUT2D eigenvalue weighted by atomic mass is 9.96. The fourth-order valence-corrected chi connectivity index (χ4v) is 3.34. The van der Waals surface area contributed by atoms with Crippen LogP contribution in [0.3, 0.4) is 0 Å². The van der Waals surface area contributed by atoms with Crippen LogP contribution in [0.2, 0.25) is 5.02 Å². The van der Waals surface area contributed by atoms with Gasteiger partial charge < -0.3 is 10.6 Å². The number of nitrogens with zero attached hydrogens (tertiary/aromatic N) is 1. The van der Waals surface area contributed by atoms with Gasteiger partial charge in [0, 0.05) is 13.1 Å². The summed E-state index contributed by atoms with van der Waals surface area (Å²) in [6.45, 7) is 3.87. The molecule has 5 heteroatoms. The highest BCUT2D eigenvalue weighted by Gasteiger charge is 2.19. The van der Waals surface area contributed by atoms with Gasteiger partial charge in [0.05, 0.1) is 10.7 Å². The van der Waals surface area contributed by atoms with E-state index in [9.17, 15) is 4.79 Å². The number of rotatable bonds is 5. The molecule has 25 heavy (non-hydrogen) atoms. The van der Waals surface area contributed by atoms with Crippen LogP contribution in [0.5, 0.6) is 0 Å². The second-order valence-electron chi connectivity index (χ2n) is 6.52. The summed E-state index contributed by atoms with van der Waals surface area (Å²) in [5.74, 6) is 0.531. The number of amides is 2. The Bertz CT molecular complexity index is 684. The third kappa shape index (κ3) is 5.48. The molecule has 0 saturated carbocycles. The quantitative estimate of drug-likeness (QED) is 0.834. The number of benzene rings is 2. The summed E-state index contributed by atoms with van der Waals surface area (Å²) >= 11 is 6.05. The molecule has 2 aromatic carbocycles. The van der Waals surface area contributed by atoms with Crippen molar-refractivity contribution in [3.8, 4) is 0 Å². The number of piperidine rings is 1. The predicted molar refractivity (Wildman–Crippen MR) is 103 cm³/mol. The van der Waals surface area contributed by atoms with Crippen LogP contribution < -0.4 is 10.6 Å². The molecule has 0 atom stereocenters. The van der Waals surface area contributed by atoms with E-state index in [2.05, 4.69) is 45.9 Å². The highest BCUT2D eigenvalue weighted by Crippen LogP contribution is 2.21. The zero-order valence-corrected chi connectivity index (χ0v) is 15.0. The van der Waals surface area contributed by atoms with Gasteiger partial charge in [-0.1, -0.05) is 54.1 Å². The average Bonchev–Trinajstić information content (AvgIpc) is 2.64. The lowest BCUT2D eigenvalue weighted by Gasteiger charge is -2.32. The van der Waals surface area contributed by atoms with Crippen molar-refractivity contribution in [3.05, 3.63) is 65.2 Å². The first-order chi connectivity index (χ1) is 12.2. The Morgan fingerprint density at radius 2 is 1.72 bits per heavy atom. The van der Waals surface area contributed by atoms with Crippen LogP contribution in [0.4, 0.5) is 10.5 Å². The van der Waals surface area contributed by atoms with Crippen molar-refractivity contribution >= 4 is 23.3 Å². The zero-order chi connectivity index (χ0) is 17.5. The number of likely N-dealkylation sites (tertiary alicyclic amines) is 1. The summed E-state index contributed by atoms with van der Waals surface area (Å²) in [7, 11) is 0. The SMILES string of the molecule is O=C(NCC1CCN(Cc2ccccc2)CC1)Nc1ccccc1Cl. The summed E-state index contributed by atoms with van der Waals surface area (Å²) in [5, 5.41) is 6.31. The molecule has 0 aromatic heterocycles.